The van der Waals surface area contributed by atoms with Crippen LogP contribution in [0.4, 0.5) is 0 Å². The van der Waals surface area contributed by atoms with Gasteiger partial charge in [0.2, 0.25) is 0 Å². The first kappa shape index (κ1) is 10.2. The van der Waals surface area contributed by atoms with Crippen molar-refractivity contribution in [3.63, 3.8) is 0 Å². The fraction of sp³-hybridized carbons (Fsp3) is 0.778. The summed E-state index contributed by atoms with van der Waals surface area (Å²) >= 11 is 0. The van der Waals surface area contributed by atoms with E-state index in [1.807, 2.05) is 18.4 Å². The lowest BCUT2D eigenvalue weighted by molar-refractivity contribution is 0.465. The number of nitrogens with zero attached hydrogens (tertiary/aromatic N) is 3. The lowest BCUT2D eigenvalue weighted by Gasteiger charge is -2.17. The SMILES string of the molecule is CCn1cnnc1CCC(C)(C)N. The molecule has 13 heavy (non-hydrogen) atoms. The van der Waals surface area contributed by atoms with E-state index in [4.69, 9.17) is 5.73 Å². The molecule has 1 rings (SSSR count). The molecule has 0 atom stereocenters. The third-order valence-corrected chi connectivity index (χ3v) is 2.03. The molecule has 0 aliphatic heterocycles. The molecule has 0 spiro atoms. The standard InChI is InChI=1S/C9H18N4/c1-4-13-7-11-12-8(13)5-6-9(2,3)10/h7H,4-6,10H2,1-3H3. The maximum absolute atomic E-state index is 5.89. The first-order chi connectivity index (χ1) is 6.03. The Labute approximate surface area is 79.2 Å². The predicted octanol–water partition coefficient (Wildman–Crippen LogP) is 0.968. The van der Waals surface area contributed by atoms with E-state index in [1.54, 1.807) is 6.33 Å². The van der Waals surface area contributed by atoms with Gasteiger partial charge in [0, 0.05) is 18.5 Å². The van der Waals surface area contributed by atoms with Gasteiger partial charge in [-0.15, -0.1) is 10.2 Å². The summed E-state index contributed by atoms with van der Waals surface area (Å²) in [6, 6.07) is 0. The molecule has 0 saturated heterocycles. The second kappa shape index (κ2) is 3.87. The number of hydrogen-bond donors (Lipinski definition) is 1. The van der Waals surface area contributed by atoms with Crippen LogP contribution in [0.1, 0.15) is 33.0 Å². The van der Waals surface area contributed by atoms with Crippen molar-refractivity contribution >= 4 is 0 Å². The molecule has 0 bridgehead atoms. The zero-order chi connectivity index (χ0) is 9.90. The lowest BCUT2D eigenvalue weighted by Crippen LogP contribution is -2.32. The van der Waals surface area contributed by atoms with Crippen LogP contribution in [-0.4, -0.2) is 20.3 Å². The zero-order valence-electron chi connectivity index (χ0n) is 8.62. The fourth-order valence-electron chi connectivity index (χ4n) is 1.17. The van der Waals surface area contributed by atoms with E-state index in [0.29, 0.717) is 0 Å². The van der Waals surface area contributed by atoms with E-state index >= 15 is 0 Å². The summed E-state index contributed by atoms with van der Waals surface area (Å²) in [6.45, 7) is 7.06. The Kier molecular flexibility index (Phi) is 3.03. The van der Waals surface area contributed by atoms with Gasteiger partial charge in [-0.1, -0.05) is 0 Å². The second-order valence-electron chi connectivity index (χ2n) is 4.02. The molecule has 0 amide bonds. The third-order valence-electron chi connectivity index (χ3n) is 2.03. The van der Waals surface area contributed by atoms with Gasteiger partial charge in [-0.3, -0.25) is 0 Å². The Morgan fingerprint density at radius 2 is 2.23 bits per heavy atom. The number of nitrogens with two attached hydrogens (primary N) is 1. The number of hydrogen-bond acceptors (Lipinski definition) is 3. The lowest BCUT2D eigenvalue weighted by atomic mass is 10.00. The quantitative estimate of drug-likeness (QED) is 0.754. The summed E-state index contributed by atoms with van der Waals surface area (Å²) < 4.78 is 2.05. The van der Waals surface area contributed by atoms with Crippen LogP contribution in [0.3, 0.4) is 0 Å². The summed E-state index contributed by atoms with van der Waals surface area (Å²) in [5.74, 6) is 1.03. The average Bonchev–Trinajstić information content (AvgIpc) is 2.46. The summed E-state index contributed by atoms with van der Waals surface area (Å²) in [5, 5.41) is 7.91. The molecule has 0 aromatic carbocycles. The van der Waals surface area contributed by atoms with Gasteiger partial charge in [-0.2, -0.15) is 0 Å². The Balaban J connectivity index is 2.54. The monoisotopic (exact) mass is 182 g/mol. The van der Waals surface area contributed by atoms with Gasteiger partial charge in [0.15, 0.2) is 0 Å². The highest BCUT2D eigenvalue weighted by atomic mass is 15.3. The van der Waals surface area contributed by atoms with Crippen molar-refractivity contribution in [1.82, 2.24) is 14.8 Å². The molecule has 74 valence electrons. The Morgan fingerprint density at radius 1 is 1.54 bits per heavy atom. The fourth-order valence-corrected chi connectivity index (χ4v) is 1.17. The van der Waals surface area contributed by atoms with E-state index < -0.39 is 0 Å². The molecule has 1 heterocycles. The highest BCUT2D eigenvalue weighted by molar-refractivity contribution is 4.88. The summed E-state index contributed by atoms with van der Waals surface area (Å²) in [5.41, 5.74) is 5.77. The predicted molar refractivity (Wildman–Crippen MR) is 52.3 cm³/mol. The molecular formula is C9H18N4. The first-order valence-corrected chi connectivity index (χ1v) is 4.68. The largest absolute Gasteiger partial charge is 0.326 e. The molecule has 4 heteroatoms. The van der Waals surface area contributed by atoms with Crippen LogP contribution < -0.4 is 5.73 Å². The first-order valence-electron chi connectivity index (χ1n) is 4.68. The Bertz CT molecular complexity index is 259. The molecule has 0 aliphatic rings. The zero-order valence-corrected chi connectivity index (χ0v) is 8.62. The molecule has 0 radical (unpaired) electrons. The normalized spacial score (nSPS) is 12.0. The van der Waals surface area contributed by atoms with Gasteiger partial charge in [-0.05, 0) is 27.2 Å². The minimum absolute atomic E-state index is 0.121. The van der Waals surface area contributed by atoms with Crippen LogP contribution in [-0.2, 0) is 13.0 Å². The molecule has 0 aliphatic carbocycles. The second-order valence-corrected chi connectivity index (χ2v) is 4.02. The topological polar surface area (TPSA) is 56.7 Å². The summed E-state index contributed by atoms with van der Waals surface area (Å²) in [6.07, 6.45) is 3.60. The van der Waals surface area contributed by atoms with Gasteiger partial charge in [-0.25, -0.2) is 0 Å². The van der Waals surface area contributed by atoms with Crippen molar-refractivity contribution in [3.8, 4) is 0 Å². The van der Waals surface area contributed by atoms with E-state index in [-0.39, 0.29) is 5.54 Å². The minimum atomic E-state index is -0.121. The van der Waals surface area contributed by atoms with Crippen molar-refractivity contribution in [2.45, 2.75) is 45.7 Å². The van der Waals surface area contributed by atoms with Crippen LogP contribution in [0, 0.1) is 0 Å². The van der Waals surface area contributed by atoms with Crippen LogP contribution >= 0.6 is 0 Å². The van der Waals surface area contributed by atoms with Crippen molar-refractivity contribution in [2.24, 2.45) is 5.73 Å². The number of aryl methyl sites for hydroxylation is 2. The van der Waals surface area contributed by atoms with Crippen molar-refractivity contribution in [3.05, 3.63) is 12.2 Å². The van der Waals surface area contributed by atoms with Gasteiger partial charge >= 0.3 is 0 Å². The molecule has 0 saturated carbocycles. The third kappa shape index (κ3) is 3.14. The van der Waals surface area contributed by atoms with Crippen LogP contribution in [0.5, 0.6) is 0 Å². The smallest absolute Gasteiger partial charge is 0.132 e. The van der Waals surface area contributed by atoms with E-state index in [1.165, 1.54) is 0 Å². The maximum Gasteiger partial charge on any atom is 0.132 e. The highest BCUT2D eigenvalue weighted by Gasteiger charge is 2.12. The number of aromatic nitrogens is 3. The van der Waals surface area contributed by atoms with E-state index in [0.717, 1.165) is 25.2 Å². The molecule has 2 N–H and O–H groups in total. The minimum Gasteiger partial charge on any atom is -0.326 e. The molecule has 1 aromatic heterocycles. The Hall–Kier alpha value is -0.900. The molecule has 0 fully saturated rings. The van der Waals surface area contributed by atoms with Crippen molar-refractivity contribution < 1.29 is 0 Å². The molecular weight excluding hydrogens is 164 g/mol. The Morgan fingerprint density at radius 3 is 2.77 bits per heavy atom. The highest BCUT2D eigenvalue weighted by Crippen LogP contribution is 2.08. The van der Waals surface area contributed by atoms with Crippen molar-refractivity contribution in [1.29, 1.82) is 0 Å². The average molecular weight is 182 g/mol. The molecule has 0 unspecified atom stereocenters. The van der Waals surface area contributed by atoms with E-state index in [2.05, 4.69) is 17.1 Å². The van der Waals surface area contributed by atoms with Gasteiger partial charge in [0.05, 0.1) is 0 Å². The van der Waals surface area contributed by atoms with Crippen molar-refractivity contribution in [2.75, 3.05) is 0 Å². The van der Waals surface area contributed by atoms with Gasteiger partial charge in [0.1, 0.15) is 12.2 Å². The van der Waals surface area contributed by atoms with Crippen LogP contribution in [0.2, 0.25) is 0 Å². The number of rotatable bonds is 4. The molecule has 1 aromatic rings. The maximum atomic E-state index is 5.89. The molecule has 4 nitrogen and oxygen atoms in total. The van der Waals surface area contributed by atoms with Gasteiger partial charge < -0.3 is 10.3 Å². The van der Waals surface area contributed by atoms with Crippen LogP contribution in [0.25, 0.3) is 0 Å². The van der Waals surface area contributed by atoms with Gasteiger partial charge in [0.25, 0.3) is 0 Å². The summed E-state index contributed by atoms with van der Waals surface area (Å²) in [7, 11) is 0. The summed E-state index contributed by atoms with van der Waals surface area (Å²) in [4.78, 5) is 0. The van der Waals surface area contributed by atoms with E-state index in [9.17, 15) is 0 Å². The van der Waals surface area contributed by atoms with Crippen LogP contribution in [0.15, 0.2) is 6.33 Å².